The summed E-state index contributed by atoms with van der Waals surface area (Å²) in [5, 5.41) is 19.3. The Labute approximate surface area is 288 Å². The lowest BCUT2D eigenvalue weighted by Gasteiger charge is -2.24. The van der Waals surface area contributed by atoms with Crippen LogP contribution >= 0.6 is 0 Å². The van der Waals surface area contributed by atoms with Crippen LogP contribution in [0.1, 0.15) is 245 Å². The summed E-state index contributed by atoms with van der Waals surface area (Å²) < 4.78 is 0. The molecule has 274 valence electrons. The van der Waals surface area contributed by atoms with Crippen molar-refractivity contribution in [1.29, 1.82) is 0 Å². The first-order valence-corrected chi connectivity index (χ1v) is 21.0. The topological polar surface area (TPSA) is 74.6 Å². The van der Waals surface area contributed by atoms with E-state index in [4.69, 9.17) is 0 Å². The molecule has 2 N–H and O–H groups in total. The lowest BCUT2D eigenvalue weighted by molar-refractivity contribution is -0.145. The molecule has 0 radical (unpaired) electrons. The van der Waals surface area contributed by atoms with Gasteiger partial charge >= 0.3 is 11.9 Å². The number of hydrogen-bond acceptors (Lipinski definition) is 2. The van der Waals surface area contributed by atoms with E-state index in [2.05, 4.69) is 13.8 Å². The molecule has 0 fully saturated rings. The second-order valence-corrected chi connectivity index (χ2v) is 14.8. The Morgan fingerprint density at radius 1 is 0.370 bits per heavy atom. The van der Waals surface area contributed by atoms with E-state index in [-0.39, 0.29) is 18.3 Å². The molecule has 0 saturated carbocycles. The van der Waals surface area contributed by atoms with E-state index in [0.717, 1.165) is 32.1 Å². The van der Waals surface area contributed by atoms with Crippen molar-refractivity contribution in [2.45, 2.75) is 245 Å². The average molecular weight is 651 g/mol. The molecule has 0 amide bonds. The Balaban J connectivity index is 3.93. The smallest absolute Gasteiger partial charge is 0.306 e. The Hall–Kier alpha value is -1.06. The van der Waals surface area contributed by atoms with Gasteiger partial charge in [0.1, 0.15) is 0 Å². The minimum Gasteiger partial charge on any atom is -0.481 e. The first-order chi connectivity index (χ1) is 22.5. The van der Waals surface area contributed by atoms with Crippen LogP contribution < -0.4 is 0 Å². The van der Waals surface area contributed by atoms with Crippen molar-refractivity contribution < 1.29 is 19.8 Å². The minimum absolute atomic E-state index is 0.00316. The van der Waals surface area contributed by atoms with Gasteiger partial charge in [-0.15, -0.1) is 0 Å². The summed E-state index contributed by atoms with van der Waals surface area (Å²) in [5.41, 5.74) is 0. The zero-order chi connectivity index (χ0) is 33.8. The third-order valence-corrected chi connectivity index (χ3v) is 10.4. The van der Waals surface area contributed by atoms with E-state index in [0.29, 0.717) is 12.8 Å². The molecule has 0 bridgehead atoms. The molecular weight excluding hydrogens is 568 g/mol. The molecule has 0 aromatic carbocycles. The van der Waals surface area contributed by atoms with Crippen molar-refractivity contribution in [2.24, 2.45) is 11.8 Å². The van der Waals surface area contributed by atoms with E-state index in [9.17, 15) is 19.8 Å². The van der Waals surface area contributed by atoms with Crippen LogP contribution in [0, 0.1) is 11.8 Å². The SMILES string of the molecule is CCCCCCCCCCCCCCCCCCC(CCC(=O)O)C(CCCCCCCCCCCCCCCCCC)C(=O)O. The van der Waals surface area contributed by atoms with Gasteiger partial charge in [-0.3, -0.25) is 9.59 Å². The summed E-state index contributed by atoms with van der Waals surface area (Å²) in [5.74, 6) is -1.91. The van der Waals surface area contributed by atoms with Crippen LogP contribution in [-0.4, -0.2) is 22.2 Å². The third-order valence-electron chi connectivity index (χ3n) is 10.4. The molecule has 4 nitrogen and oxygen atoms in total. The molecular formula is C42H82O4. The fourth-order valence-corrected chi connectivity index (χ4v) is 7.28. The Bertz CT molecular complexity index is 633. The first kappa shape index (κ1) is 44.9. The molecule has 0 aromatic heterocycles. The number of carboxylic acid groups (broad SMARTS) is 2. The molecule has 0 spiro atoms. The second kappa shape index (κ2) is 36.8. The van der Waals surface area contributed by atoms with Crippen LogP contribution in [0.4, 0.5) is 0 Å². The zero-order valence-corrected chi connectivity index (χ0v) is 31.3. The lowest BCUT2D eigenvalue weighted by Crippen LogP contribution is -2.24. The molecule has 0 aliphatic heterocycles. The zero-order valence-electron chi connectivity index (χ0n) is 31.3. The maximum Gasteiger partial charge on any atom is 0.306 e. The van der Waals surface area contributed by atoms with E-state index >= 15 is 0 Å². The summed E-state index contributed by atoms with van der Waals surface area (Å²) in [6.45, 7) is 4.56. The number of unbranched alkanes of at least 4 members (excludes halogenated alkanes) is 30. The predicted molar refractivity (Wildman–Crippen MR) is 200 cm³/mol. The molecule has 0 aromatic rings. The molecule has 2 unspecified atom stereocenters. The standard InChI is InChI=1S/C42H82O4/c1-3-5-7-9-11-13-15-17-19-21-23-25-27-29-31-33-35-39(37-38-41(43)44)40(42(45)46)36-34-32-30-28-26-24-22-20-18-16-14-12-10-8-6-4-2/h39-40H,3-38H2,1-2H3,(H,43,44)(H,45,46). The first-order valence-electron chi connectivity index (χ1n) is 21.0. The van der Waals surface area contributed by atoms with Gasteiger partial charge in [0.25, 0.3) is 0 Å². The largest absolute Gasteiger partial charge is 0.481 e. The highest BCUT2D eigenvalue weighted by Crippen LogP contribution is 2.29. The summed E-state index contributed by atoms with van der Waals surface area (Å²) in [6.07, 6.45) is 44.6. The number of carbonyl (C=O) groups is 2. The van der Waals surface area contributed by atoms with E-state index in [1.807, 2.05) is 0 Å². The molecule has 0 aliphatic rings. The molecule has 0 aliphatic carbocycles. The van der Waals surface area contributed by atoms with Gasteiger partial charge in [0, 0.05) is 6.42 Å². The molecule has 0 saturated heterocycles. The third kappa shape index (κ3) is 32.9. The van der Waals surface area contributed by atoms with Gasteiger partial charge in [-0.2, -0.15) is 0 Å². The Morgan fingerprint density at radius 2 is 0.630 bits per heavy atom. The van der Waals surface area contributed by atoms with Crippen LogP contribution in [0.5, 0.6) is 0 Å². The van der Waals surface area contributed by atoms with Gasteiger partial charge in [-0.1, -0.05) is 219 Å². The number of carboxylic acids is 2. The fourth-order valence-electron chi connectivity index (χ4n) is 7.28. The van der Waals surface area contributed by atoms with Crippen molar-refractivity contribution in [3.63, 3.8) is 0 Å². The summed E-state index contributed by atoms with van der Waals surface area (Å²) in [7, 11) is 0. The summed E-state index contributed by atoms with van der Waals surface area (Å²) in [6, 6.07) is 0. The van der Waals surface area contributed by atoms with Gasteiger partial charge in [-0.05, 0) is 25.2 Å². The quantitative estimate of drug-likeness (QED) is 0.0649. The van der Waals surface area contributed by atoms with Crippen molar-refractivity contribution in [3.8, 4) is 0 Å². The van der Waals surface area contributed by atoms with E-state index in [1.165, 1.54) is 180 Å². The highest BCUT2D eigenvalue weighted by atomic mass is 16.4. The monoisotopic (exact) mass is 651 g/mol. The number of hydrogen-bond donors (Lipinski definition) is 2. The summed E-state index contributed by atoms with van der Waals surface area (Å²) >= 11 is 0. The molecule has 46 heavy (non-hydrogen) atoms. The second-order valence-electron chi connectivity index (χ2n) is 14.8. The van der Waals surface area contributed by atoms with E-state index < -0.39 is 11.9 Å². The van der Waals surface area contributed by atoms with Gasteiger partial charge < -0.3 is 10.2 Å². The van der Waals surface area contributed by atoms with Crippen molar-refractivity contribution in [1.82, 2.24) is 0 Å². The maximum atomic E-state index is 12.2. The molecule has 4 heteroatoms. The van der Waals surface area contributed by atoms with Crippen molar-refractivity contribution in [3.05, 3.63) is 0 Å². The highest BCUT2D eigenvalue weighted by Gasteiger charge is 2.27. The lowest BCUT2D eigenvalue weighted by atomic mass is 9.81. The molecule has 2 atom stereocenters. The minimum atomic E-state index is -0.802. The van der Waals surface area contributed by atoms with Crippen LogP contribution in [-0.2, 0) is 9.59 Å². The van der Waals surface area contributed by atoms with Gasteiger partial charge in [0.05, 0.1) is 5.92 Å². The predicted octanol–water partition coefficient (Wildman–Crippen LogP) is 14.5. The number of aliphatic carboxylic acids is 2. The molecule has 0 rings (SSSR count). The van der Waals surface area contributed by atoms with Crippen LogP contribution in [0.15, 0.2) is 0 Å². The maximum absolute atomic E-state index is 12.2. The van der Waals surface area contributed by atoms with Gasteiger partial charge in [0.15, 0.2) is 0 Å². The van der Waals surface area contributed by atoms with Crippen LogP contribution in [0.3, 0.4) is 0 Å². The molecule has 0 heterocycles. The average Bonchev–Trinajstić information content (AvgIpc) is 3.04. The Morgan fingerprint density at radius 3 is 0.891 bits per heavy atom. The Kier molecular flexibility index (Phi) is 35.9. The van der Waals surface area contributed by atoms with Crippen LogP contribution in [0.2, 0.25) is 0 Å². The highest BCUT2D eigenvalue weighted by molar-refractivity contribution is 5.70. The number of rotatable bonds is 39. The van der Waals surface area contributed by atoms with Crippen molar-refractivity contribution in [2.75, 3.05) is 0 Å². The van der Waals surface area contributed by atoms with Gasteiger partial charge in [0.2, 0.25) is 0 Å². The van der Waals surface area contributed by atoms with Crippen LogP contribution in [0.25, 0.3) is 0 Å². The van der Waals surface area contributed by atoms with Gasteiger partial charge in [-0.25, -0.2) is 0 Å². The fraction of sp³-hybridized carbons (Fsp3) is 0.952. The van der Waals surface area contributed by atoms with Crippen molar-refractivity contribution >= 4 is 11.9 Å². The summed E-state index contributed by atoms with van der Waals surface area (Å²) in [4.78, 5) is 23.5. The van der Waals surface area contributed by atoms with E-state index in [1.54, 1.807) is 0 Å². The normalized spacial score (nSPS) is 12.8.